The number of halogens is 2. The Morgan fingerprint density at radius 1 is 0.966 bits per heavy atom. The highest BCUT2D eigenvalue weighted by Gasteiger charge is 2.11. The molecule has 0 radical (unpaired) electrons. The standard InChI is InChI=1S/C21H20Cl2N6/c22-16-4-3-5-17(12-16)25-20-13-19(23)26-21(27-20)28-24-14-15-6-8-18(9-7-15)29-10-1-2-11-29/h3-9,12-14H,1-2,10-11H2,(H2,25,26,27,28)/b24-14+. The Hall–Kier alpha value is -2.83. The van der Waals surface area contributed by atoms with Gasteiger partial charge in [0.15, 0.2) is 0 Å². The zero-order chi connectivity index (χ0) is 20.1. The molecule has 29 heavy (non-hydrogen) atoms. The molecule has 2 heterocycles. The molecule has 1 fully saturated rings. The van der Waals surface area contributed by atoms with Crippen molar-refractivity contribution in [3.05, 3.63) is 70.3 Å². The second kappa shape index (κ2) is 9.11. The maximum atomic E-state index is 6.11. The summed E-state index contributed by atoms with van der Waals surface area (Å²) < 4.78 is 0. The predicted octanol–water partition coefficient (Wildman–Crippen LogP) is 5.57. The summed E-state index contributed by atoms with van der Waals surface area (Å²) in [4.78, 5) is 10.9. The third-order valence-corrected chi connectivity index (χ3v) is 4.96. The molecule has 0 bridgehead atoms. The van der Waals surface area contributed by atoms with Crippen LogP contribution in [0, 0.1) is 0 Å². The van der Waals surface area contributed by atoms with Crippen molar-refractivity contribution in [2.45, 2.75) is 12.8 Å². The van der Waals surface area contributed by atoms with E-state index in [1.165, 1.54) is 18.5 Å². The van der Waals surface area contributed by atoms with Crippen molar-refractivity contribution < 1.29 is 0 Å². The molecule has 1 saturated heterocycles. The van der Waals surface area contributed by atoms with Crippen LogP contribution in [0.4, 0.5) is 23.1 Å². The van der Waals surface area contributed by atoms with Gasteiger partial charge in [0, 0.05) is 35.6 Å². The molecule has 0 unspecified atom stereocenters. The molecule has 4 rings (SSSR count). The van der Waals surface area contributed by atoms with Crippen LogP contribution in [0.1, 0.15) is 18.4 Å². The van der Waals surface area contributed by atoms with E-state index < -0.39 is 0 Å². The lowest BCUT2D eigenvalue weighted by Gasteiger charge is -2.17. The molecular weight excluding hydrogens is 407 g/mol. The lowest BCUT2D eigenvalue weighted by Crippen LogP contribution is -2.17. The second-order valence-electron chi connectivity index (χ2n) is 6.69. The number of hydrogen-bond donors (Lipinski definition) is 2. The predicted molar refractivity (Wildman–Crippen MR) is 121 cm³/mol. The number of benzene rings is 2. The summed E-state index contributed by atoms with van der Waals surface area (Å²) in [5.41, 5.74) is 5.87. The van der Waals surface area contributed by atoms with Gasteiger partial charge in [0.25, 0.3) is 0 Å². The van der Waals surface area contributed by atoms with E-state index in [0.717, 1.165) is 24.3 Å². The first kappa shape index (κ1) is 19.5. The van der Waals surface area contributed by atoms with Gasteiger partial charge < -0.3 is 10.2 Å². The Bertz CT molecular complexity index is 1000. The molecule has 148 valence electrons. The van der Waals surface area contributed by atoms with E-state index in [-0.39, 0.29) is 0 Å². The maximum Gasteiger partial charge on any atom is 0.246 e. The van der Waals surface area contributed by atoms with E-state index in [2.05, 4.69) is 42.8 Å². The number of rotatable bonds is 6. The van der Waals surface area contributed by atoms with Gasteiger partial charge in [-0.05, 0) is 48.7 Å². The van der Waals surface area contributed by atoms with E-state index in [1.54, 1.807) is 24.4 Å². The zero-order valence-electron chi connectivity index (χ0n) is 15.6. The largest absolute Gasteiger partial charge is 0.372 e. The number of nitrogens with one attached hydrogen (secondary N) is 2. The molecule has 2 aromatic carbocycles. The fourth-order valence-corrected chi connectivity index (χ4v) is 3.53. The van der Waals surface area contributed by atoms with E-state index >= 15 is 0 Å². The highest BCUT2D eigenvalue weighted by atomic mass is 35.5. The quantitative estimate of drug-likeness (QED) is 0.306. The minimum atomic E-state index is 0.298. The highest BCUT2D eigenvalue weighted by Crippen LogP contribution is 2.22. The molecular formula is C21H20Cl2N6. The van der Waals surface area contributed by atoms with E-state index in [1.807, 2.05) is 24.3 Å². The van der Waals surface area contributed by atoms with Crippen molar-refractivity contribution in [2.75, 3.05) is 28.7 Å². The minimum Gasteiger partial charge on any atom is -0.372 e. The first-order valence-electron chi connectivity index (χ1n) is 9.37. The molecule has 2 N–H and O–H groups in total. The average molecular weight is 427 g/mol. The van der Waals surface area contributed by atoms with Crippen molar-refractivity contribution >= 4 is 52.6 Å². The Kier molecular flexibility index (Phi) is 6.12. The topological polar surface area (TPSA) is 65.4 Å². The zero-order valence-corrected chi connectivity index (χ0v) is 17.2. The number of hydrogen-bond acceptors (Lipinski definition) is 6. The summed E-state index contributed by atoms with van der Waals surface area (Å²) in [7, 11) is 0. The Balaban J connectivity index is 1.40. The van der Waals surface area contributed by atoms with Crippen molar-refractivity contribution in [1.29, 1.82) is 0 Å². The molecule has 8 heteroatoms. The number of aromatic nitrogens is 2. The van der Waals surface area contributed by atoms with Crippen molar-refractivity contribution in [2.24, 2.45) is 5.10 Å². The van der Waals surface area contributed by atoms with Crippen LogP contribution in [-0.4, -0.2) is 29.3 Å². The molecule has 0 spiro atoms. The third kappa shape index (κ3) is 5.37. The molecule has 0 aliphatic carbocycles. The van der Waals surface area contributed by atoms with Gasteiger partial charge in [-0.25, -0.2) is 5.43 Å². The number of anilines is 4. The van der Waals surface area contributed by atoms with Gasteiger partial charge in [-0.15, -0.1) is 0 Å². The lowest BCUT2D eigenvalue weighted by atomic mass is 10.2. The van der Waals surface area contributed by atoms with Crippen molar-refractivity contribution in [3.8, 4) is 0 Å². The molecule has 6 nitrogen and oxygen atoms in total. The molecule has 0 amide bonds. The fourth-order valence-electron chi connectivity index (χ4n) is 3.16. The van der Waals surface area contributed by atoms with Crippen LogP contribution in [0.15, 0.2) is 59.7 Å². The van der Waals surface area contributed by atoms with Gasteiger partial charge in [-0.1, -0.05) is 41.4 Å². The highest BCUT2D eigenvalue weighted by molar-refractivity contribution is 6.31. The number of hydrazone groups is 1. The first-order valence-corrected chi connectivity index (χ1v) is 10.1. The van der Waals surface area contributed by atoms with Gasteiger partial charge >= 0.3 is 0 Å². The van der Waals surface area contributed by atoms with Crippen LogP contribution < -0.4 is 15.6 Å². The molecule has 0 saturated carbocycles. The molecule has 1 aromatic heterocycles. The van der Waals surface area contributed by atoms with Crippen molar-refractivity contribution in [1.82, 2.24) is 9.97 Å². The van der Waals surface area contributed by atoms with Gasteiger partial charge in [-0.2, -0.15) is 15.1 Å². The van der Waals surface area contributed by atoms with Gasteiger partial charge in [-0.3, -0.25) is 0 Å². The van der Waals surface area contributed by atoms with E-state index in [9.17, 15) is 0 Å². The summed E-state index contributed by atoms with van der Waals surface area (Å²) >= 11 is 12.1. The van der Waals surface area contributed by atoms with Crippen LogP contribution in [0.2, 0.25) is 10.2 Å². The Morgan fingerprint density at radius 2 is 1.76 bits per heavy atom. The normalized spacial score (nSPS) is 13.8. The van der Waals surface area contributed by atoms with E-state index in [4.69, 9.17) is 23.2 Å². The minimum absolute atomic E-state index is 0.298. The summed E-state index contributed by atoms with van der Waals surface area (Å²) in [5.74, 6) is 0.840. The summed E-state index contributed by atoms with van der Waals surface area (Å²) in [6.45, 7) is 2.26. The fraction of sp³-hybridized carbons (Fsp3) is 0.190. The second-order valence-corrected chi connectivity index (χ2v) is 7.51. The van der Waals surface area contributed by atoms with Crippen molar-refractivity contribution in [3.63, 3.8) is 0 Å². The SMILES string of the molecule is Clc1cccc(Nc2cc(Cl)nc(N/N=C/c3ccc(N4CCCC4)cc3)n2)c1. The monoisotopic (exact) mass is 426 g/mol. The van der Waals surface area contributed by atoms with Gasteiger partial charge in [0.2, 0.25) is 5.95 Å². The van der Waals surface area contributed by atoms with Gasteiger partial charge in [0.1, 0.15) is 11.0 Å². The van der Waals surface area contributed by atoms with E-state index in [0.29, 0.717) is 21.9 Å². The Morgan fingerprint density at radius 3 is 2.52 bits per heavy atom. The smallest absolute Gasteiger partial charge is 0.246 e. The van der Waals surface area contributed by atoms with Gasteiger partial charge in [0.05, 0.1) is 6.21 Å². The van der Waals surface area contributed by atoms with Crippen LogP contribution in [0.5, 0.6) is 0 Å². The third-order valence-electron chi connectivity index (χ3n) is 4.53. The Labute approximate surface area is 179 Å². The summed E-state index contributed by atoms with van der Waals surface area (Å²) in [6.07, 6.45) is 4.25. The molecule has 1 aliphatic rings. The summed E-state index contributed by atoms with van der Waals surface area (Å²) in [5, 5.41) is 8.31. The number of nitrogens with zero attached hydrogens (tertiary/aromatic N) is 4. The van der Waals surface area contributed by atoms with Crippen LogP contribution in [-0.2, 0) is 0 Å². The average Bonchev–Trinajstić information content (AvgIpc) is 3.23. The first-order chi connectivity index (χ1) is 14.2. The lowest BCUT2D eigenvalue weighted by molar-refractivity contribution is 0.949. The maximum absolute atomic E-state index is 6.11. The molecule has 0 atom stereocenters. The molecule has 1 aliphatic heterocycles. The van der Waals surface area contributed by atoms with Crippen LogP contribution in [0.25, 0.3) is 0 Å². The molecule has 3 aromatic rings. The van der Waals surface area contributed by atoms with Crippen LogP contribution >= 0.6 is 23.2 Å². The van der Waals surface area contributed by atoms with Crippen LogP contribution in [0.3, 0.4) is 0 Å². The summed E-state index contributed by atoms with van der Waals surface area (Å²) in [6, 6.07) is 17.3.